The van der Waals surface area contributed by atoms with E-state index in [1.165, 1.54) is 0 Å². The molecule has 0 saturated carbocycles. The molecule has 0 aromatic heterocycles. The molecule has 120 valence electrons. The van der Waals surface area contributed by atoms with E-state index in [-0.39, 0.29) is 18.5 Å². The van der Waals surface area contributed by atoms with Crippen molar-refractivity contribution >= 4 is 29.1 Å². The van der Waals surface area contributed by atoms with Crippen molar-refractivity contribution < 1.29 is 9.59 Å². The number of hydrogen-bond acceptors (Lipinski definition) is 3. The van der Waals surface area contributed by atoms with Crippen LogP contribution >= 0.6 is 11.6 Å². The lowest BCUT2D eigenvalue weighted by Gasteiger charge is -2.14. The quantitative estimate of drug-likeness (QED) is 0.761. The first-order valence-electron chi connectivity index (χ1n) is 7.14. The highest BCUT2D eigenvalue weighted by molar-refractivity contribution is 6.30. The normalized spacial score (nSPS) is 11.7. The maximum absolute atomic E-state index is 11.9. The second-order valence-corrected chi connectivity index (χ2v) is 5.58. The molecule has 6 heteroatoms. The molecule has 1 atom stereocenters. The van der Waals surface area contributed by atoms with Crippen molar-refractivity contribution in [3.8, 4) is 0 Å². The fourth-order valence-corrected chi connectivity index (χ4v) is 2.26. The zero-order valence-electron chi connectivity index (χ0n) is 12.7. The number of halogens is 1. The van der Waals surface area contributed by atoms with Crippen LogP contribution in [-0.4, -0.2) is 18.4 Å². The van der Waals surface area contributed by atoms with Crippen molar-refractivity contribution in [1.29, 1.82) is 0 Å². The van der Waals surface area contributed by atoms with Crippen LogP contribution in [0.5, 0.6) is 0 Å². The van der Waals surface area contributed by atoms with Crippen LogP contribution in [0, 0.1) is 0 Å². The number of nitrogens with one attached hydrogen (secondary N) is 2. The Bertz CT molecular complexity index is 701. The Kier molecular flexibility index (Phi) is 5.73. The number of carbonyl (C=O) groups is 2. The lowest BCUT2D eigenvalue weighted by atomic mass is 10.1. The van der Waals surface area contributed by atoms with E-state index in [9.17, 15) is 9.59 Å². The van der Waals surface area contributed by atoms with Gasteiger partial charge >= 0.3 is 0 Å². The second kappa shape index (κ2) is 7.76. The van der Waals surface area contributed by atoms with E-state index in [4.69, 9.17) is 17.3 Å². The highest BCUT2D eigenvalue weighted by atomic mass is 35.5. The molecule has 0 bridgehead atoms. The van der Waals surface area contributed by atoms with Gasteiger partial charge in [-0.25, -0.2) is 0 Å². The van der Waals surface area contributed by atoms with Gasteiger partial charge in [0.1, 0.15) is 0 Å². The molecule has 0 fully saturated rings. The Labute approximate surface area is 139 Å². The van der Waals surface area contributed by atoms with E-state index in [2.05, 4.69) is 10.6 Å². The van der Waals surface area contributed by atoms with Crippen molar-refractivity contribution in [3.05, 3.63) is 64.7 Å². The summed E-state index contributed by atoms with van der Waals surface area (Å²) in [6.07, 6.45) is 0. The SMILES string of the molecule is C[C@@H](NCC(=O)Nc1ccc(C(N)=O)cc1)c1cccc(Cl)c1. The van der Waals surface area contributed by atoms with Crippen LogP contribution in [0.3, 0.4) is 0 Å². The van der Waals surface area contributed by atoms with E-state index in [1.54, 1.807) is 30.3 Å². The van der Waals surface area contributed by atoms with Gasteiger partial charge < -0.3 is 16.4 Å². The smallest absolute Gasteiger partial charge is 0.248 e. The summed E-state index contributed by atoms with van der Waals surface area (Å²) in [5.74, 6) is -0.675. The molecule has 0 aliphatic heterocycles. The van der Waals surface area contributed by atoms with Gasteiger partial charge in [-0.1, -0.05) is 23.7 Å². The predicted octanol–water partition coefficient (Wildman–Crippen LogP) is 2.73. The minimum absolute atomic E-state index is 0.00307. The predicted molar refractivity (Wildman–Crippen MR) is 91.5 cm³/mol. The van der Waals surface area contributed by atoms with Gasteiger partial charge in [0.25, 0.3) is 0 Å². The lowest BCUT2D eigenvalue weighted by Crippen LogP contribution is -2.30. The summed E-state index contributed by atoms with van der Waals surface area (Å²) < 4.78 is 0. The molecule has 0 aliphatic carbocycles. The summed E-state index contributed by atoms with van der Waals surface area (Å²) in [6, 6.07) is 13.9. The number of primary amides is 1. The van der Waals surface area contributed by atoms with Gasteiger partial charge in [0.15, 0.2) is 0 Å². The molecule has 2 aromatic rings. The monoisotopic (exact) mass is 331 g/mol. The Hall–Kier alpha value is -2.37. The van der Waals surface area contributed by atoms with Crippen LogP contribution in [0.4, 0.5) is 5.69 Å². The maximum Gasteiger partial charge on any atom is 0.248 e. The number of hydrogen-bond donors (Lipinski definition) is 3. The van der Waals surface area contributed by atoms with Crippen LogP contribution < -0.4 is 16.4 Å². The number of nitrogens with two attached hydrogens (primary N) is 1. The van der Waals surface area contributed by atoms with E-state index in [1.807, 2.05) is 25.1 Å². The molecule has 0 radical (unpaired) electrons. The van der Waals surface area contributed by atoms with Crippen LogP contribution in [0.15, 0.2) is 48.5 Å². The van der Waals surface area contributed by atoms with Crippen LogP contribution in [0.1, 0.15) is 28.9 Å². The summed E-state index contributed by atoms with van der Waals surface area (Å²) in [7, 11) is 0. The number of amides is 2. The van der Waals surface area contributed by atoms with Gasteiger partial charge in [-0.05, 0) is 48.9 Å². The molecule has 23 heavy (non-hydrogen) atoms. The zero-order chi connectivity index (χ0) is 16.8. The van der Waals surface area contributed by atoms with E-state index in [0.29, 0.717) is 16.3 Å². The standard InChI is InChI=1S/C17H18ClN3O2/c1-11(13-3-2-4-14(18)9-13)20-10-16(22)21-15-7-5-12(6-8-15)17(19)23/h2-9,11,20H,10H2,1H3,(H2,19,23)(H,21,22)/t11-/m1/s1. The molecule has 0 aliphatic rings. The van der Waals surface area contributed by atoms with Gasteiger partial charge in [0, 0.05) is 22.3 Å². The van der Waals surface area contributed by atoms with Crippen molar-refractivity contribution in [2.24, 2.45) is 5.73 Å². The molecular formula is C17H18ClN3O2. The van der Waals surface area contributed by atoms with Gasteiger partial charge in [-0.15, -0.1) is 0 Å². The summed E-state index contributed by atoms with van der Waals surface area (Å²) in [5, 5.41) is 6.54. The van der Waals surface area contributed by atoms with E-state index in [0.717, 1.165) is 5.56 Å². The molecule has 2 rings (SSSR count). The van der Waals surface area contributed by atoms with Crippen LogP contribution in [0.25, 0.3) is 0 Å². The number of carbonyl (C=O) groups excluding carboxylic acids is 2. The maximum atomic E-state index is 11.9. The lowest BCUT2D eigenvalue weighted by molar-refractivity contribution is -0.115. The van der Waals surface area contributed by atoms with Gasteiger partial charge in [0.2, 0.25) is 11.8 Å². The van der Waals surface area contributed by atoms with Crippen LogP contribution in [-0.2, 0) is 4.79 Å². The Morgan fingerprint density at radius 3 is 2.48 bits per heavy atom. The molecule has 2 aromatic carbocycles. The van der Waals surface area contributed by atoms with E-state index >= 15 is 0 Å². The van der Waals surface area contributed by atoms with Gasteiger partial charge in [0.05, 0.1) is 6.54 Å². The largest absolute Gasteiger partial charge is 0.366 e. The average molecular weight is 332 g/mol. The summed E-state index contributed by atoms with van der Waals surface area (Å²) in [4.78, 5) is 22.9. The van der Waals surface area contributed by atoms with Crippen molar-refractivity contribution in [3.63, 3.8) is 0 Å². The van der Waals surface area contributed by atoms with Crippen molar-refractivity contribution in [2.45, 2.75) is 13.0 Å². The molecule has 4 N–H and O–H groups in total. The first-order valence-corrected chi connectivity index (χ1v) is 7.52. The summed E-state index contributed by atoms with van der Waals surface area (Å²) in [6.45, 7) is 2.12. The number of benzene rings is 2. The summed E-state index contributed by atoms with van der Waals surface area (Å²) in [5.41, 5.74) is 7.18. The Balaban J connectivity index is 1.86. The van der Waals surface area contributed by atoms with Gasteiger partial charge in [-0.3, -0.25) is 9.59 Å². The highest BCUT2D eigenvalue weighted by Gasteiger charge is 2.09. The second-order valence-electron chi connectivity index (χ2n) is 5.15. The molecule has 0 unspecified atom stereocenters. The third-order valence-electron chi connectivity index (χ3n) is 3.37. The summed E-state index contributed by atoms with van der Waals surface area (Å²) >= 11 is 5.95. The Morgan fingerprint density at radius 1 is 1.17 bits per heavy atom. The highest BCUT2D eigenvalue weighted by Crippen LogP contribution is 2.17. The number of rotatable bonds is 6. The van der Waals surface area contributed by atoms with Gasteiger partial charge in [-0.2, -0.15) is 0 Å². The third-order valence-corrected chi connectivity index (χ3v) is 3.61. The minimum atomic E-state index is -0.500. The molecule has 5 nitrogen and oxygen atoms in total. The topological polar surface area (TPSA) is 84.2 Å². The van der Waals surface area contributed by atoms with Crippen LogP contribution in [0.2, 0.25) is 5.02 Å². The number of anilines is 1. The molecule has 2 amide bonds. The fraction of sp³-hybridized carbons (Fsp3) is 0.176. The first kappa shape index (κ1) is 17.0. The molecular weight excluding hydrogens is 314 g/mol. The average Bonchev–Trinajstić information content (AvgIpc) is 2.53. The molecule has 0 spiro atoms. The molecule has 0 saturated heterocycles. The fourth-order valence-electron chi connectivity index (χ4n) is 2.06. The first-order chi connectivity index (χ1) is 11.0. The van der Waals surface area contributed by atoms with Crippen molar-refractivity contribution in [2.75, 3.05) is 11.9 Å². The zero-order valence-corrected chi connectivity index (χ0v) is 13.4. The Morgan fingerprint density at radius 2 is 1.87 bits per heavy atom. The molecule has 0 heterocycles. The van der Waals surface area contributed by atoms with Crippen molar-refractivity contribution in [1.82, 2.24) is 5.32 Å². The van der Waals surface area contributed by atoms with E-state index < -0.39 is 5.91 Å². The third kappa shape index (κ3) is 5.09. The minimum Gasteiger partial charge on any atom is -0.366 e.